The average molecular weight is 272 g/mol. The lowest BCUT2D eigenvalue weighted by atomic mass is 9.95. The zero-order chi connectivity index (χ0) is 14.3. The summed E-state index contributed by atoms with van der Waals surface area (Å²) in [5, 5.41) is 3.24. The van der Waals surface area contributed by atoms with Gasteiger partial charge < -0.3 is 14.8 Å². The van der Waals surface area contributed by atoms with Crippen molar-refractivity contribution < 1.29 is 14.3 Å². The van der Waals surface area contributed by atoms with Crippen LogP contribution in [0.4, 0.5) is 0 Å². The molecule has 0 aromatic heterocycles. The summed E-state index contributed by atoms with van der Waals surface area (Å²) < 4.78 is 10.4. The Hall–Kier alpha value is -0.650. The molecule has 0 bridgehead atoms. The summed E-state index contributed by atoms with van der Waals surface area (Å²) in [6, 6.07) is 0. The van der Waals surface area contributed by atoms with Crippen LogP contribution in [0.3, 0.4) is 0 Å². The topological polar surface area (TPSA) is 50.8 Å². The lowest BCUT2D eigenvalue weighted by Gasteiger charge is -2.32. The third-order valence-electron chi connectivity index (χ3n) is 3.68. The van der Waals surface area contributed by atoms with Crippen LogP contribution in [0.15, 0.2) is 0 Å². The second-order valence-electron chi connectivity index (χ2n) is 5.44. The molecule has 112 valence electrons. The number of hydrogen-bond acceptors (Lipinski definition) is 5. The van der Waals surface area contributed by atoms with Gasteiger partial charge in [-0.2, -0.15) is 0 Å². The number of nitrogens with one attached hydrogen (secondary N) is 1. The van der Waals surface area contributed by atoms with E-state index in [4.69, 9.17) is 9.47 Å². The first kappa shape index (κ1) is 16.4. The van der Waals surface area contributed by atoms with E-state index >= 15 is 0 Å². The van der Waals surface area contributed by atoms with Crippen LogP contribution in [0.1, 0.15) is 33.6 Å². The van der Waals surface area contributed by atoms with E-state index < -0.39 is 5.54 Å². The van der Waals surface area contributed by atoms with E-state index in [1.165, 1.54) is 7.11 Å². The molecule has 0 spiro atoms. The lowest BCUT2D eigenvalue weighted by molar-refractivity contribution is -0.148. The van der Waals surface area contributed by atoms with Crippen molar-refractivity contribution in [1.82, 2.24) is 10.2 Å². The zero-order valence-corrected chi connectivity index (χ0v) is 12.7. The number of likely N-dealkylation sites (N-methyl/N-ethyl adjacent to an activating group) is 1. The maximum absolute atomic E-state index is 11.8. The highest BCUT2D eigenvalue weighted by Crippen LogP contribution is 2.15. The molecular weight excluding hydrogens is 244 g/mol. The third-order valence-corrected chi connectivity index (χ3v) is 3.68. The van der Waals surface area contributed by atoms with Crippen molar-refractivity contribution in [3.8, 4) is 0 Å². The molecule has 1 fully saturated rings. The standard InChI is InChI=1S/C14H28N2O3/c1-5-15-14(3,13(17)18-4)7-6-8-16-9-10-19-12(2)11-16/h12,15H,5-11H2,1-4H3. The molecule has 1 aliphatic heterocycles. The quantitative estimate of drug-likeness (QED) is 0.702. The van der Waals surface area contributed by atoms with E-state index in [0.29, 0.717) is 6.10 Å². The van der Waals surface area contributed by atoms with E-state index in [2.05, 4.69) is 17.1 Å². The molecule has 1 rings (SSSR count). The molecule has 1 aliphatic rings. The Kier molecular flexibility index (Phi) is 6.75. The van der Waals surface area contributed by atoms with Crippen LogP contribution >= 0.6 is 0 Å². The average Bonchev–Trinajstić information content (AvgIpc) is 2.38. The number of rotatable bonds is 7. The van der Waals surface area contributed by atoms with Crippen molar-refractivity contribution in [3.63, 3.8) is 0 Å². The SMILES string of the molecule is CCNC(C)(CCCN1CCOC(C)C1)C(=O)OC. The van der Waals surface area contributed by atoms with Crippen LogP contribution in [0.2, 0.25) is 0 Å². The van der Waals surface area contributed by atoms with Gasteiger partial charge in [0.15, 0.2) is 0 Å². The van der Waals surface area contributed by atoms with Crippen molar-refractivity contribution in [2.24, 2.45) is 0 Å². The number of morpholine rings is 1. The summed E-state index contributed by atoms with van der Waals surface area (Å²) in [5.41, 5.74) is -0.568. The van der Waals surface area contributed by atoms with Gasteiger partial charge in [-0.3, -0.25) is 9.69 Å². The second-order valence-corrected chi connectivity index (χ2v) is 5.44. The van der Waals surface area contributed by atoms with E-state index in [1.54, 1.807) is 0 Å². The maximum Gasteiger partial charge on any atom is 0.325 e. The number of esters is 1. The molecular formula is C14H28N2O3. The zero-order valence-electron chi connectivity index (χ0n) is 12.7. The fourth-order valence-corrected chi connectivity index (χ4v) is 2.63. The minimum atomic E-state index is -0.568. The monoisotopic (exact) mass is 272 g/mol. The summed E-state index contributed by atoms with van der Waals surface area (Å²) in [6.07, 6.45) is 2.08. The van der Waals surface area contributed by atoms with Crippen LogP contribution in [0, 0.1) is 0 Å². The molecule has 5 heteroatoms. The van der Waals surface area contributed by atoms with Crippen LogP contribution in [0.25, 0.3) is 0 Å². The molecule has 5 nitrogen and oxygen atoms in total. The van der Waals surface area contributed by atoms with E-state index in [9.17, 15) is 4.79 Å². The van der Waals surface area contributed by atoms with Crippen LogP contribution in [-0.2, 0) is 14.3 Å². The minimum absolute atomic E-state index is 0.176. The summed E-state index contributed by atoms with van der Waals surface area (Å²) in [6.45, 7) is 10.6. The molecule has 0 radical (unpaired) electrons. The van der Waals surface area contributed by atoms with Crippen molar-refractivity contribution in [2.45, 2.75) is 45.3 Å². The number of hydrogen-bond donors (Lipinski definition) is 1. The first-order valence-corrected chi connectivity index (χ1v) is 7.19. The molecule has 1 N–H and O–H groups in total. The Balaban J connectivity index is 2.37. The van der Waals surface area contributed by atoms with Crippen molar-refractivity contribution >= 4 is 5.97 Å². The molecule has 2 unspecified atom stereocenters. The van der Waals surface area contributed by atoms with Gasteiger partial charge in [-0.05, 0) is 39.8 Å². The van der Waals surface area contributed by atoms with Gasteiger partial charge in [-0.15, -0.1) is 0 Å². The summed E-state index contributed by atoms with van der Waals surface area (Å²) in [7, 11) is 1.45. The highest BCUT2D eigenvalue weighted by atomic mass is 16.5. The predicted molar refractivity (Wildman–Crippen MR) is 75.2 cm³/mol. The van der Waals surface area contributed by atoms with Gasteiger partial charge >= 0.3 is 5.97 Å². The fraction of sp³-hybridized carbons (Fsp3) is 0.929. The molecule has 1 heterocycles. The van der Waals surface area contributed by atoms with Gasteiger partial charge in [-0.25, -0.2) is 0 Å². The Morgan fingerprint density at radius 3 is 2.89 bits per heavy atom. The molecule has 2 atom stereocenters. The highest BCUT2D eigenvalue weighted by molar-refractivity contribution is 5.80. The number of carbonyl (C=O) groups excluding carboxylic acids is 1. The van der Waals surface area contributed by atoms with Crippen LogP contribution in [-0.4, -0.2) is 62.4 Å². The number of carbonyl (C=O) groups is 1. The minimum Gasteiger partial charge on any atom is -0.468 e. The Labute approximate surface area is 116 Å². The van der Waals surface area contributed by atoms with Crippen LogP contribution in [0.5, 0.6) is 0 Å². The van der Waals surface area contributed by atoms with Gasteiger partial charge in [0.25, 0.3) is 0 Å². The molecule has 0 amide bonds. The normalized spacial score (nSPS) is 23.9. The Bertz CT molecular complexity index is 286. The van der Waals surface area contributed by atoms with Gasteiger partial charge in [0.05, 0.1) is 19.8 Å². The first-order chi connectivity index (χ1) is 9.01. The molecule has 19 heavy (non-hydrogen) atoms. The second kappa shape index (κ2) is 7.82. The molecule has 0 aromatic carbocycles. The Morgan fingerprint density at radius 1 is 1.58 bits per heavy atom. The summed E-state index contributed by atoms with van der Waals surface area (Å²) in [4.78, 5) is 14.2. The van der Waals surface area contributed by atoms with Crippen molar-refractivity contribution in [3.05, 3.63) is 0 Å². The third kappa shape index (κ3) is 5.09. The van der Waals surface area contributed by atoms with Gasteiger partial charge in [-0.1, -0.05) is 6.92 Å². The van der Waals surface area contributed by atoms with Gasteiger partial charge in [0.1, 0.15) is 5.54 Å². The number of methoxy groups -OCH3 is 1. The highest BCUT2D eigenvalue weighted by Gasteiger charge is 2.32. The van der Waals surface area contributed by atoms with Gasteiger partial charge in [0, 0.05) is 13.1 Å². The Morgan fingerprint density at radius 2 is 2.32 bits per heavy atom. The van der Waals surface area contributed by atoms with Crippen LogP contribution < -0.4 is 5.32 Å². The number of ether oxygens (including phenoxy) is 2. The molecule has 1 saturated heterocycles. The van der Waals surface area contributed by atoms with E-state index in [1.807, 2.05) is 13.8 Å². The number of nitrogens with zero attached hydrogens (tertiary/aromatic N) is 1. The maximum atomic E-state index is 11.8. The fourth-order valence-electron chi connectivity index (χ4n) is 2.63. The first-order valence-electron chi connectivity index (χ1n) is 7.19. The van der Waals surface area contributed by atoms with Gasteiger partial charge in [0.2, 0.25) is 0 Å². The summed E-state index contributed by atoms with van der Waals surface area (Å²) in [5.74, 6) is -0.176. The predicted octanol–water partition coefficient (Wildman–Crippen LogP) is 1.03. The molecule has 0 aliphatic carbocycles. The lowest BCUT2D eigenvalue weighted by Crippen LogP contribution is -2.50. The summed E-state index contributed by atoms with van der Waals surface area (Å²) >= 11 is 0. The molecule has 0 saturated carbocycles. The van der Waals surface area contributed by atoms with E-state index in [0.717, 1.165) is 45.6 Å². The largest absolute Gasteiger partial charge is 0.468 e. The molecule has 0 aromatic rings. The van der Waals surface area contributed by atoms with E-state index in [-0.39, 0.29) is 5.97 Å². The van der Waals surface area contributed by atoms with Crippen molar-refractivity contribution in [2.75, 3.05) is 39.9 Å². The van der Waals surface area contributed by atoms with Crippen molar-refractivity contribution in [1.29, 1.82) is 0 Å². The smallest absolute Gasteiger partial charge is 0.325 e.